The number of hydrogen-bond donors (Lipinski definition) is 2. The monoisotopic (exact) mass is 274 g/mol. The summed E-state index contributed by atoms with van der Waals surface area (Å²) < 4.78 is 14.0. The molecule has 5 nitrogen and oxygen atoms in total. The molecular weight excluding hydrogens is 263 g/mol. The van der Waals surface area contributed by atoms with Crippen LogP contribution in [0.25, 0.3) is 0 Å². The van der Waals surface area contributed by atoms with Crippen molar-refractivity contribution >= 4 is 11.6 Å². The van der Waals surface area contributed by atoms with E-state index in [2.05, 4.69) is 5.32 Å². The number of nitrogens with one attached hydrogen (secondary N) is 1. The van der Waals surface area contributed by atoms with Crippen LogP contribution >= 0.6 is 0 Å². The Morgan fingerprint density at radius 2 is 1.90 bits per heavy atom. The molecule has 6 heteroatoms. The lowest BCUT2D eigenvalue weighted by Gasteiger charge is -2.11. The van der Waals surface area contributed by atoms with Gasteiger partial charge in [-0.2, -0.15) is 0 Å². The van der Waals surface area contributed by atoms with Crippen LogP contribution < -0.4 is 21.9 Å². The second-order valence-corrected chi connectivity index (χ2v) is 4.91. The summed E-state index contributed by atoms with van der Waals surface area (Å²) in [5, 5.41) is 2.69. The lowest BCUT2D eigenvalue weighted by molar-refractivity contribution is 0.0957. The zero-order valence-corrected chi connectivity index (χ0v) is 10.6. The summed E-state index contributed by atoms with van der Waals surface area (Å²) in [4.78, 5) is 34.4. The third kappa shape index (κ3) is 1.51. The van der Waals surface area contributed by atoms with E-state index in [-0.39, 0.29) is 40.7 Å². The smallest absolute Gasteiger partial charge is 0.252 e. The average Bonchev–Trinajstić information content (AvgIpc) is 2.71. The number of amides is 1. The highest BCUT2D eigenvalue weighted by molar-refractivity contribution is 6.00. The van der Waals surface area contributed by atoms with Gasteiger partial charge in [-0.1, -0.05) is 6.07 Å². The van der Waals surface area contributed by atoms with Gasteiger partial charge in [0.05, 0.1) is 17.3 Å². The topological polar surface area (TPSA) is 89.3 Å². The van der Waals surface area contributed by atoms with E-state index in [0.29, 0.717) is 5.56 Å². The first-order chi connectivity index (χ1) is 9.41. The van der Waals surface area contributed by atoms with E-state index >= 15 is 0 Å². The number of anilines is 1. The molecule has 1 atom stereocenters. The summed E-state index contributed by atoms with van der Waals surface area (Å²) in [6, 6.07) is 2.59. The predicted octanol–water partition coefficient (Wildman–Crippen LogP) is 0.399. The van der Waals surface area contributed by atoms with Crippen LogP contribution in [-0.2, 0) is 6.42 Å². The molecule has 0 fully saturated rings. The lowest BCUT2D eigenvalue weighted by atomic mass is 9.92. The molecule has 0 aliphatic carbocycles. The van der Waals surface area contributed by atoms with Crippen molar-refractivity contribution in [3.63, 3.8) is 0 Å². The Morgan fingerprint density at radius 1 is 1.20 bits per heavy atom. The number of carbonyl (C=O) groups excluding carboxylic acids is 1. The minimum Gasteiger partial charge on any atom is -0.395 e. The molecule has 3 N–H and O–H groups in total. The highest BCUT2D eigenvalue weighted by atomic mass is 19.1. The quantitative estimate of drug-likeness (QED) is 0.776. The van der Waals surface area contributed by atoms with E-state index in [0.717, 1.165) is 0 Å². The molecule has 0 aromatic heterocycles. The van der Waals surface area contributed by atoms with Crippen molar-refractivity contribution in [1.29, 1.82) is 0 Å². The molecule has 0 unspecified atom stereocenters. The highest BCUT2D eigenvalue weighted by Gasteiger charge is 2.31. The molecule has 0 spiro atoms. The molecule has 102 valence electrons. The Bertz CT molecular complexity index is 819. The summed E-state index contributed by atoms with van der Waals surface area (Å²) in [6.45, 7) is 1.79. The second-order valence-electron chi connectivity index (χ2n) is 4.91. The predicted molar refractivity (Wildman–Crippen MR) is 70.9 cm³/mol. The van der Waals surface area contributed by atoms with Crippen molar-refractivity contribution in [3.8, 4) is 0 Å². The SMILES string of the molecule is C[C@H]1NC(=O)c2c1ccc(F)c2Cc1c(N)c(=O)c1=O. The minimum absolute atomic E-state index is 0.0784. The molecule has 0 saturated heterocycles. The number of rotatable bonds is 2. The van der Waals surface area contributed by atoms with E-state index < -0.39 is 16.7 Å². The Morgan fingerprint density at radius 3 is 2.55 bits per heavy atom. The molecule has 20 heavy (non-hydrogen) atoms. The van der Waals surface area contributed by atoms with Gasteiger partial charge in [-0.05, 0) is 18.6 Å². The zero-order chi connectivity index (χ0) is 14.6. The molecule has 0 bridgehead atoms. The van der Waals surface area contributed by atoms with Gasteiger partial charge in [0.25, 0.3) is 5.91 Å². The fraction of sp³-hybridized carbons (Fsp3) is 0.214. The Kier molecular flexibility index (Phi) is 2.50. The summed E-state index contributed by atoms with van der Waals surface area (Å²) in [6.07, 6.45) is -0.133. The molecule has 3 rings (SSSR count). The van der Waals surface area contributed by atoms with Gasteiger partial charge in [-0.3, -0.25) is 14.4 Å². The number of benzene rings is 1. The fourth-order valence-corrected chi connectivity index (χ4v) is 2.60. The van der Waals surface area contributed by atoms with E-state index in [1.807, 2.05) is 0 Å². The van der Waals surface area contributed by atoms with Crippen LogP contribution in [-0.4, -0.2) is 5.91 Å². The number of nitrogen functional groups attached to an aromatic ring is 1. The number of fused-ring (bicyclic) bond motifs is 1. The third-order valence-electron chi connectivity index (χ3n) is 3.73. The second kappa shape index (κ2) is 4.00. The molecular formula is C14H11FN2O3. The van der Waals surface area contributed by atoms with Gasteiger partial charge < -0.3 is 11.1 Å². The maximum Gasteiger partial charge on any atom is 0.252 e. The molecule has 0 radical (unpaired) electrons. The van der Waals surface area contributed by atoms with Gasteiger partial charge >= 0.3 is 0 Å². The Hall–Kier alpha value is -2.50. The third-order valence-corrected chi connectivity index (χ3v) is 3.73. The zero-order valence-electron chi connectivity index (χ0n) is 10.6. The summed E-state index contributed by atoms with van der Waals surface area (Å²) in [5.41, 5.74) is 4.98. The normalized spacial score (nSPS) is 17.3. The van der Waals surface area contributed by atoms with Gasteiger partial charge in [-0.25, -0.2) is 4.39 Å². The standard InChI is InChI=1S/C14H11FN2O3/c1-5-6-2-3-9(15)7(10(6)14(20)17-5)4-8-11(16)13(19)12(8)18/h2-3,5H,4,16H2,1H3,(H,17,20)/t5-/m1/s1. The summed E-state index contributed by atoms with van der Waals surface area (Å²) in [5.74, 6) is -0.959. The maximum atomic E-state index is 14.0. The van der Waals surface area contributed by atoms with Gasteiger partial charge in [0.15, 0.2) is 0 Å². The first-order valence-corrected chi connectivity index (χ1v) is 6.11. The molecule has 2 aromatic rings. The van der Waals surface area contributed by atoms with E-state index in [9.17, 15) is 18.8 Å². The number of nitrogens with two attached hydrogens (primary N) is 1. The van der Waals surface area contributed by atoms with Gasteiger partial charge in [0.1, 0.15) is 5.82 Å². The first-order valence-electron chi connectivity index (χ1n) is 6.11. The van der Waals surface area contributed by atoms with Crippen LogP contribution in [0.5, 0.6) is 0 Å². The van der Waals surface area contributed by atoms with E-state index in [1.54, 1.807) is 13.0 Å². The molecule has 1 amide bonds. The highest BCUT2D eigenvalue weighted by Crippen LogP contribution is 2.30. The van der Waals surface area contributed by atoms with Crippen LogP contribution in [0.3, 0.4) is 0 Å². The summed E-state index contributed by atoms with van der Waals surface area (Å²) in [7, 11) is 0. The van der Waals surface area contributed by atoms with Crippen molar-refractivity contribution < 1.29 is 9.18 Å². The molecule has 1 aliphatic rings. The van der Waals surface area contributed by atoms with Gasteiger partial charge in [0, 0.05) is 17.5 Å². The lowest BCUT2D eigenvalue weighted by Crippen LogP contribution is -2.38. The Labute approximate surface area is 112 Å². The van der Waals surface area contributed by atoms with Crippen LogP contribution in [0.15, 0.2) is 21.7 Å². The summed E-state index contributed by atoms with van der Waals surface area (Å²) >= 11 is 0. The van der Waals surface area contributed by atoms with E-state index in [1.165, 1.54) is 6.07 Å². The van der Waals surface area contributed by atoms with Gasteiger partial charge in [-0.15, -0.1) is 0 Å². The van der Waals surface area contributed by atoms with Crippen molar-refractivity contribution in [1.82, 2.24) is 5.32 Å². The number of halogens is 1. The Balaban J connectivity index is 2.14. The molecule has 2 aromatic carbocycles. The molecule has 1 aliphatic heterocycles. The van der Waals surface area contributed by atoms with Crippen LogP contribution in [0.4, 0.5) is 10.1 Å². The van der Waals surface area contributed by atoms with E-state index in [4.69, 9.17) is 5.73 Å². The van der Waals surface area contributed by atoms with Crippen molar-refractivity contribution in [2.24, 2.45) is 0 Å². The van der Waals surface area contributed by atoms with Crippen LogP contribution in [0, 0.1) is 5.82 Å². The largest absolute Gasteiger partial charge is 0.395 e. The average molecular weight is 274 g/mol. The van der Waals surface area contributed by atoms with Crippen molar-refractivity contribution in [2.75, 3.05) is 5.73 Å². The molecule has 0 saturated carbocycles. The number of hydrogen-bond acceptors (Lipinski definition) is 4. The first kappa shape index (κ1) is 12.5. The fourth-order valence-electron chi connectivity index (χ4n) is 2.60. The van der Waals surface area contributed by atoms with Crippen molar-refractivity contribution in [2.45, 2.75) is 19.4 Å². The van der Waals surface area contributed by atoms with Crippen LogP contribution in [0.2, 0.25) is 0 Å². The van der Waals surface area contributed by atoms with Crippen LogP contribution in [0.1, 0.15) is 40.0 Å². The van der Waals surface area contributed by atoms with Crippen molar-refractivity contribution in [3.05, 3.63) is 60.7 Å². The number of carbonyl (C=O) groups is 1. The maximum absolute atomic E-state index is 14.0. The van der Waals surface area contributed by atoms with Gasteiger partial charge in [0.2, 0.25) is 10.9 Å². The molecule has 1 heterocycles. The minimum atomic E-state index is -0.745.